The van der Waals surface area contributed by atoms with Gasteiger partial charge in [0.15, 0.2) is 0 Å². The number of hydrogen-bond acceptors (Lipinski definition) is 6. The first kappa shape index (κ1) is 17.9. The molecule has 25 heavy (non-hydrogen) atoms. The first-order valence-electron chi connectivity index (χ1n) is 8.89. The zero-order valence-electron chi connectivity index (χ0n) is 14.7. The van der Waals surface area contributed by atoms with Crippen LogP contribution in [0.2, 0.25) is 0 Å². The van der Waals surface area contributed by atoms with E-state index < -0.39 is 22.5 Å². The van der Waals surface area contributed by atoms with Gasteiger partial charge in [-0.25, -0.2) is 0 Å². The molecule has 2 N–H and O–H groups in total. The smallest absolute Gasteiger partial charge is 0.273 e. The van der Waals surface area contributed by atoms with Crippen molar-refractivity contribution in [3.63, 3.8) is 0 Å². The van der Waals surface area contributed by atoms with Gasteiger partial charge in [0.2, 0.25) is 0 Å². The SMILES string of the molecule is CC(C)Oc1cc([N+](=O)[O-])ccc1N1CCC2(CC1)C(O)CCC2O. The molecule has 3 rings (SSSR count). The molecule has 2 atom stereocenters. The lowest BCUT2D eigenvalue weighted by Crippen LogP contribution is -2.49. The number of piperidine rings is 1. The Labute approximate surface area is 147 Å². The lowest BCUT2D eigenvalue weighted by atomic mass is 9.73. The van der Waals surface area contributed by atoms with E-state index in [1.807, 2.05) is 13.8 Å². The number of non-ortho nitro benzene ring substituents is 1. The standard InChI is InChI=1S/C18H26N2O5/c1-12(2)25-15-11-13(20(23)24)3-4-14(15)19-9-7-18(8-10-19)16(21)5-6-17(18)22/h3-4,11-12,16-17,21-22H,5-10H2,1-2H3. The highest BCUT2D eigenvalue weighted by atomic mass is 16.6. The summed E-state index contributed by atoms with van der Waals surface area (Å²) in [5.41, 5.74) is 0.432. The molecule has 1 spiro atoms. The molecule has 0 amide bonds. The Morgan fingerprint density at radius 3 is 2.36 bits per heavy atom. The number of nitro benzene ring substituents is 1. The van der Waals surface area contributed by atoms with E-state index in [-0.39, 0.29) is 11.8 Å². The average molecular weight is 350 g/mol. The summed E-state index contributed by atoms with van der Waals surface area (Å²) in [5.74, 6) is 0.507. The number of benzene rings is 1. The highest BCUT2D eigenvalue weighted by Gasteiger charge is 2.50. The Morgan fingerprint density at radius 2 is 1.84 bits per heavy atom. The molecule has 1 aromatic rings. The van der Waals surface area contributed by atoms with Gasteiger partial charge in [-0.3, -0.25) is 10.1 Å². The molecule has 1 aromatic carbocycles. The van der Waals surface area contributed by atoms with Crippen molar-refractivity contribution in [3.05, 3.63) is 28.3 Å². The van der Waals surface area contributed by atoms with Gasteiger partial charge in [0.05, 0.1) is 35.0 Å². The number of aliphatic hydroxyl groups is 2. The lowest BCUT2D eigenvalue weighted by molar-refractivity contribution is -0.384. The maximum Gasteiger partial charge on any atom is 0.273 e. The molecule has 7 heteroatoms. The van der Waals surface area contributed by atoms with Crippen LogP contribution in [0.5, 0.6) is 5.75 Å². The Balaban J connectivity index is 1.82. The number of nitrogens with zero attached hydrogens (tertiary/aromatic N) is 2. The molecule has 2 aliphatic rings. The summed E-state index contributed by atoms with van der Waals surface area (Å²) in [4.78, 5) is 12.8. The quantitative estimate of drug-likeness (QED) is 0.640. The van der Waals surface area contributed by atoms with Crippen LogP contribution in [0.1, 0.15) is 39.5 Å². The Kier molecular flexibility index (Phi) is 4.88. The molecule has 2 fully saturated rings. The van der Waals surface area contributed by atoms with Crippen LogP contribution >= 0.6 is 0 Å². The van der Waals surface area contributed by atoms with E-state index in [0.717, 1.165) is 5.69 Å². The molecule has 1 heterocycles. The first-order valence-corrected chi connectivity index (χ1v) is 8.89. The van der Waals surface area contributed by atoms with Gasteiger partial charge in [-0.2, -0.15) is 0 Å². The van der Waals surface area contributed by atoms with Gasteiger partial charge < -0.3 is 19.8 Å². The van der Waals surface area contributed by atoms with Crippen LogP contribution in [-0.2, 0) is 0 Å². The summed E-state index contributed by atoms with van der Waals surface area (Å²) < 4.78 is 5.80. The average Bonchev–Trinajstić information content (AvgIpc) is 2.84. The minimum Gasteiger partial charge on any atom is -0.489 e. The second-order valence-electron chi connectivity index (χ2n) is 7.40. The third kappa shape index (κ3) is 3.30. The van der Waals surface area contributed by atoms with Crippen molar-refractivity contribution >= 4 is 11.4 Å². The summed E-state index contributed by atoms with van der Waals surface area (Å²) in [6.45, 7) is 5.14. The largest absolute Gasteiger partial charge is 0.489 e. The summed E-state index contributed by atoms with van der Waals surface area (Å²) in [5, 5.41) is 31.7. The molecule has 0 bridgehead atoms. The normalized spacial score (nSPS) is 25.6. The minimum atomic E-state index is -0.451. The van der Waals surface area contributed by atoms with Crippen molar-refractivity contribution < 1.29 is 19.9 Å². The Bertz CT molecular complexity index is 628. The second-order valence-corrected chi connectivity index (χ2v) is 7.40. The van der Waals surface area contributed by atoms with Crippen LogP contribution in [-0.4, -0.2) is 46.5 Å². The van der Waals surface area contributed by atoms with Gasteiger partial charge >= 0.3 is 0 Å². The van der Waals surface area contributed by atoms with Crippen LogP contribution in [0.4, 0.5) is 11.4 Å². The zero-order chi connectivity index (χ0) is 18.2. The van der Waals surface area contributed by atoms with Crippen LogP contribution in [0.3, 0.4) is 0 Å². The number of anilines is 1. The van der Waals surface area contributed by atoms with Crippen LogP contribution in [0.15, 0.2) is 18.2 Å². The van der Waals surface area contributed by atoms with Crippen molar-refractivity contribution in [1.82, 2.24) is 0 Å². The van der Waals surface area contributed by atoms with E-state index in [9.17, 15) is 20.3 Å². The maximum atomic E-state index is 11.0. The van der Waals surface area contributed by atoms with E-state index in [1.165, 1.54) is 12.1 Å². The highest BCUT2D eigenvalue weighted by molar-refractivity contribution is 5.62. The monoisotopic (exact) mass is 350 g/mol. The van der Waals surface area contributed by atoms with Crippen molar-refractivity contribution in [2.75, 3.05) is 18.0 Å². The van der Waals surface area contributed by atoms with Gasteiger partial charge in [0.25, 0.3) is 5.69 Å². The molecule has 0 aromatic heterocycles. The molecule has 0 radical (unpaired) electrons. The molecule has 1 aliphatic carbocycles. The number of rotatable bonds is 4. The Hall–Kier alpha value is -1.86. The van der Waals surface area contributed by atoms with Gasteiger partial charge in [-0.05, 0) is 45.6 Å². The molecule has 1 saturated heterocycles. The van der Waals surface area contributed by atoms with E-state index >= 15 is 0 Å². The maximum absolute atomic E-state index is 11.0. The summed E-state index contributed by atoms with van der Waals surface area (Å²) >= 11 is 0. The lowest BCUT2D eigenvalue weighted by Gasteiger charge is -2.44. The van der Waals surface area contributed by atoms with Crippen LogP contribution in [0.25, 0.3) is 0 Å². The second kappa shape index (κ2) is 6.80. The molecule has 2 unspecified atom stereocenters. The van der Waals surface area contributed by atoms with Gasteiger partial charge in [-0.1, -0.05) is 0 Å². The van der Waals surface area contributed by atoms with Crippen molar-refractivity contribution in [2.24, 2.45) is 5.41 Å². The van der Waals surface area contributed by atoms with Crippen LogP contribution < -0.4 is 9.64 Å². The van der Waals surface area contributed by atoms with E-state index in [1.54, 1.807) is 6.07 Å². The minimum absolute atomic E-state index is 0.00881. The fraction of sp³-hybridized carbons (Fsp3) is 0.667. The van der Waals surface area contributed by atoms with Gasteiger partial charge in [-0.15, -0.1) is 0 Å². The third-order valence-electron chi connectivity index (χ3n) is 5.59. The first-order chi connectivity index (χ1) is 11.8. The fourth-order valence-electron chi connectivity index (χ4n) is 4.17. The van der Waals surface area contributed by atoms with E-state index in [2.05, 4.69) is 4.90 Å². The topological polar surface area (TPSA) is 96.1 Å². The predicted molar refractivity (Wildman–Crippen MR) is 94.0 cm³/mol. The van der Waals surface area contributed by atoms with Crippen molar-refractivity contribution in [3.8, 4) is 5.75 Å². The molecule has 7 nitrogen and oxygen atoms in total. The number of aliphatic hydroxyl groups excluding tert-OH is 2. The van der Waals surface area contributed by atoms with Gasteiger partial charge in [0.1, 0.15) is 5.75 Å². The number of hydrogen-bond donors (Lipinski definition) is 2. The summed E-state index contributed by atoms with van der Waals surface area (Å²) in [6.07, 6.45) is 1.72. The van der Waals surface area contributed by atoms with E-state index in [0.29, 0.717) is 44.5 Å². The summed E-state index contributed by atoms with van der Waals surface area (Å²) in [7, 11) is 0. The fourth-order valence-corrected chi connectivity index (χ4v) is 4.17. The number of nitro groups is 1. The van der Waals surface area contributed by atoms with Crippen molar-refractivity contribution in [1.29, 1.82) is 0 Å². The van der Waals surface area contributed by atoms with E-state index in [4.69, 9.17) is 4.74 Å². The third-order valence-corrected chi connectivity index (χ3v) is 5.59. The summed E-state index contributed by atoms with van der Waals surface area (Å²) in [6, 6.07) is 4.69. The molecular weight excluding hydrogens is 324 g/mol. The predicted octanol–water partition coefficient (Wildman–Crippen LogP) is 2.48. The van der Waals surface area contributed by atoms with Gasteiger partial charge in [0, 0.05) is 24.6 Å². The number of ether oxygens (including phenoxy) is 1. The molecular formula is C18H26N2O5. The van der Waals surface area contributed by atoms with Crippen molar-refractivity contribution in [2.45, 2.75) is 57.8 Å². The molecule has 1 saturated carbocycles. The Morgan fingerprint density at radius 1 is 1.24 bits per heavy atom. The van der Waals surface area contributed by atoms with Crippen LogP contribution in [0, 0.1) is 15.5 Å². The molecule has 138 valence electrons. The zero-order valence-corrected chi connectivity index (χ0v) is 14.7. The molecule has 1 aliphatic heterocycles. The highest BCUT2D eigenvalue weighted by Crippen LogP contribution is 2.48.